The largest absolute Gasteiger partial charge is 0.483 e. The molecular weight excluding hydrogens is 464 g/mol. The fraction of sp³-hybridized carbons (Fsp3) is 0.0435. The van der Waals surface area contributed by atoms with Gasteiger partial charge in [-0.1, -0.05) is 41.9 Å². The second-order valence-electron chi connectivity index (χ2n) is 6.43. The summed E-state index contributed by atoms with van der Waals surface area (Å²) in [7, 11) is 0. The van der Waals surface area contributed by atoms with E-state index in [2.05, 4.69) is 21.4 Å². The molecule has 0 bridgehead atoms. The summed E-state index contributed by atoms with van der Waals surface area (Å²) in [5, 5.41) is 17.8. The van der Waals surface area contributed by atoms with Gasteiger partial charge in [-0.3, -0.25) is 10.1 Å². The number of ether oxygens (including phenoxy) is 1. The lowest BCUT2D eigenvalue weighted by molar-refractivity contribution is -0.118. The van der Waals surface area contributed by atoms with Gasteiger partial charge in [-0.25, -0.2) is 9.97 Å². The van der Waals surface area contributed by atoms with Crippen molar-refractivity contribution in [1.82, 2.24) is 9.97 Å². The van der Waals surface area contributed by atoms with Crippen LogP contribution in [0.3, 0.4) is 0 Å². The molecule has 0 atom stereocenters. The Kier molecular flexibility index (Phi) is 6.92. The van der Waals surface area contributed by atoms with Crippen LogP contribution in [0.1, 0.15) is 10.6 Å². The molecule has 6 nitrogen and oxygen atoms in total. The van der Waals surface area contributed by atoms with Crippen LogP contribution in [-0.2, 0) is 4.79 Å². The van der Waals surface area contributed by atoms with Gasteiger partial charge in [-0.2, -0.15) is 5.26 Å². The molecule has 4 aromatic rings. The van der Waals surface area contributed by atoms with Gasteiger partial charge in [0.15, 0.2) is 11.7 Å². The lowest BCUT2D eigenvalue weighted by Crippen LogP contribution is -2.20. The van der Waals surface area contributed by atoms with Crippen LogP contribution in [0.25, 0.3) is 22.9 Å². The number of benzene rings is 2. The average molecular weight is 479 g/mol. The number of thiazole rings is 2. The molecule has 32 heavy (non-hydrogen) atoms. The van der Waals surface area contributed by atoms with E-state index in [4.69, 9.17) is 16.3 Å². The van der Waals surface area contributed by atoms with Gasteiger partial charge in [0, 0.05) is 33.1 Å². The molecule has 0 saturated heterocycles. The summed E-state index contributed by atoms with van der Waals surface area (Å²) < 4.78 is 5.70. The van der Waals surface area contributed by atoms with Gasteiger partial charge >= 0.3 is 0 Å². The van der Waals surface area contributed by atoms with Crippen molar-refractivity contribution in [2.24, 2.45) is 0 Å². The van der Waals surface area contributed by atoms with Crippen LogP contribution < -0.4 is 10.1 Å². The third-order valence-corrected chi connectivity index (χ3v) is 6.07. The second-order valence-corrected chi connectivity index (χ2v) is 8.62. The van der Waals surface area contributed by atoms with Crippen molar-refractivity contribution in [1.29, 1.82) is 5.26 Å². The van der Waals surface area contributed by atoms with E-state index in [0.717, 1.165) is 11.3 Å². The number of amides is 1. The maximum Gasteiger partial charge on any atom is 0.264 e. The Balaban J connectivity index is 1.52. The lowest BCUT2D eigenvalue weighted by Gasteiger charge is -2.09. The Hall–Kier alpha value is -3.51. The van der Waals surface area contributed by atoms with Crippen LogP contribution in [0, 0.1) is 11.3 Å². The highest BCUT2D eigenvalue weighted by Gasteiger charge is 2.12. The second kappa shape index (κ2) is 10.2. The van der Waals surface area contributed by atoms with Crippen molar-refractivity contribution in [2.75, 3.05) is 11.9 Å². The van der Waals surface area contributed by atoms with Crippen LogP contribution in [-0.4, -0.2) is 22.5 Å². The normalized spacial score (nSPS) is 11.1. The predicted molar refractivity (Wildman–Crippen MR) is 129 cm³/mol. The van der Waals surface area contributed by atoms with Crippen LogP contribution in [0.5, 0.6) is 5.75 Å². The summed E-state index contributed by atoms with van der Waals surface area (Å²) >= 11 is 8.66. The number of carbonyl (C=O) groups excluding carboxylic acids is 1. The molecule has 0 aliphatic heterocycles. The Morgan fingerprint density at radius 2 is 2.00 bits per heavy atom. The highest BCUT2D eigenvalue weighted by Crippen LogP contribution is 2.29. The van der Waals surface area contributed by atoms with Crippen molar-refractivity contribution in [3.8, 4) is 23.1 Å². The monoisotopic (exact) mass is 478 g/mol. The van der Waals surface area contributed by atoms with Crippen molar-refractivity contribution in [3.05, 3.63) is 81.1 Å². The number of hydrogen-bond donors (Lipinski definition) is 1. The lowest BCUT2D eigenvalue weighted by atomic mass is 10.1. The van der Waals surface area contributed by atoms with Crippen molar-refractivity contribution in [2.45, 2.75) is 0 Å². The summed E-state index contributed by atoms with van der Waals surface area (Å²) in [6.07, 6.45) is 3.32. The van der Waals surface area contributed by atoms with Crippen LogP contribution >= 0.6 is 34.3 Å². The van der Waals surface area contributed by atoms with Gasteiger partial charge in [0.25, 0.3) is 5.91 Å². The number of anilines is 1. The highest BCUT2D eigenvalue weighted by atomic mass is 35.5. The van der Waals surface area contributed by atoms with E-state index in [9.17, 15) is 10.1 Å². The first-order valence-corrected chi connectivity index (χ1v) is 11.5. The number of para-hydroxylation sites is 1. The van der Waals surface area contributed by atoms with E-state index < -0.39 is 0 Å². The smallest absolute Gasteiger partial charge is 0.264 e. The molecule has 0 radical (unpaired) electrons. The molecule has 0 unspecified atom stereocenters. The molecule has 1 N–H and O–H groups in total. The van der Waals surface area contributed by atoms with E-state index in [1.54, 1.807) is 41.9 Å². The Morgan fingerprint density at radius 3 is 2.75 bits per heavy atom. The molecule has 0 aliphatic carbocycles. The summed E-state index contributed by atoms with van der Waals surface area (Å²) in [4.78, 5) is 20.7. The number of carbonyl (C=O) groups is 1. The Bertz CT molecular complexity index is 1290. The Morgan fingerprint density at radius 1 is 1.19 bits per heavy atom. The molecule has 2 aromatic carbocycles. The fourth-order valence-corrected chi connectivity index (χ4v) is 4.23. The molecule has 1 amide bonds. The number of nitrogens with one attached hydrogen (secondary N) is 1. The summed E-state index contributed by atoms with van der Waals surface area (Å²) in [6, 6.07) is 16.8. The van der Waals surface area contributed by atoms with Crippen molar-refractivity contribution >= 4 is 57.0 Å². The van der Waals surface area contributed by atoms with E-state index in [1.807, 2.05) is 29.6 Å². The molecular formula is C23H15ClN4O2S2. The van der Waals surface area contributed by atoms with Gasteiger partial charge in [-0.15, -0.1) is 22.7 Å². The zero-order chi connectivity index (χ0) is 22.3. The maximum atomic E-state index is 12.1. The van der Waals surface area contributed by atoms with Crippen LogP contribution in [0.4, 0.5) is 5.13 Å². The van der Waals surface area contributed by atoms with E-state index in [0.29, 0.717) is 32.0 Å². The first kappa shape index (κ1) is 21.7. The topological polar surface area (TPSA) is 87.9 Å². The summed E-state index contributed by atoms with van der Waals surface area (Å²) in [5.74, 6) is 0.177. The van der Waals surface area contributed by atoms with Crippen molar-refractivity contribution < 1.29 is 9.53 Å². The van der Waals surface area contributed by atoms with Gasteiger partial charge in [0.2, 0.25) is 0 Å². The minimum Gasteiger partial charge on any atom is -0.483 e. The fourth-order valence-electron chi connectivity index (χ4n) is 2.76. The molecule has 4 rings (SSSR count). The molecule has 0 fully saturated rings. The number of nitrogens with zero attached hydrogens (tertiary/aromatic N) is 3. The zero-order valence-corrected chi connectivity index (χ0v) is 18.9. The molecule has 0 aliphatic rings. The molecule has 0 spiro atoms. The molecule has 2 aromatic heterocycles. The van der Waals surface area contributed by atoms with Gasteiger partial charge < -0.3 is 4.74 Å². The SMILES string of the molecule is N#CC(=Cc1ccccc1OCC(=O)Nc1nccs1)c1nc(-c2ccc(Cl)cc2)cs1. The Labute approximate surface area is 197 Å². The van der Waals surface area contributed by atoms with E-state index in [-0.39, 0.29) is 12.5 Å². The molecule has 158 valence electrons. The average Bonchev–Trinajstić information content (AvgIpc) is 3.50. The number of nitriles is 1. The number of aromatic nitrogens is 2. The number of halogens is 1. The predicted octanol–water partition coefficient (Wildman–Crippen LogP) is 6.00. The summed E-state index contributed by atoms with van der Waals surface area (Å²) in [6.45, 7) is -0.176. The standard InChI is InChI=1S/C23H15ClN4O2S2/c24-18-7-5-15(6-8-18)19-14-32-22(27-19)17(12-25)11-16-3-1-2-4-20(16)30-13-21(29)28-23-26-9-10-31-23/h1-11,14H,13H2,(H,26,28,29). The quantitative estimate of drug-likeness (QED) is 0.329. The zero-order valence-electron chi connectivity index (χ0n) is 16.5. The van der Waals surface area contributed by atoms with Crippen molar-refractivity contribution in [3.63, 3.8) is 0 Å². The van der Waals surface area contributed by atoms with Crippen LogP contribution in [0.2, 0.25) is 5.02 Å². The minimum atomic E-state index is -0.313. The first-order chi connectivity index (χ1) is 15.6. The summed E-state index contributed by atoms with van der Waals surface area (Å²) in [5.41, 5.74) is 2.77. The maximum absolute atomic E-state index is 12.1. The van der Waals surface area contributed by atoms with Gasteiger partial charge in [0.05, 0.1) is 11.3 Å². The molecule has 2 heterocycles. The van der Waals surface area contributed by atoms with Gasteiger partial charge in [0.1, 0.15) is 16.8 Å². The third-order valence-electron chi connectivity index (χ3n) is 4.25. The number of hydrogen-bond acceptors (Lipinski definition) is 7. The number of rotatable bonds is 7. The van der Waals surface area contributed by atoms with Crippen LogP contribution in [0.15, 0.2) is 65.5 Å². The molecule has 0 saturated carbocycles. The number of allylic oxidation sites excluding steroid dienone is 1. The molecule has 9 heteroatoms. The van der Waals surface area contributed by atoms with E-state index in [1.165, 1.54) is 22.7 Å². The minimum absolute atomic E-state index is 0.176. The van der Waals surface area contributed by atoms with Gasteiger partial charge in [-0.05, 0) is 24.3 Å². The highest BCUT2D eigenvalue weighted by molar-refractivity contribution is 7.13. The third kappa shape index (κ3) is 5.39. The van der Waals surface area contributed by atoms with E-state index >= 15 is 0 Å². The first-order valence-electron chi connectivity index (χ1n) is 9.37.